The van der Waals surface area contributed by atoms with Gasteiger partial charge >= 0.3 is 0 Å². The van der Waals surface area contributed by atoms with Crippen LogP contribution in [0.5, 0.6) is 5.75 Å². The predicted octanol–water partition coefficient (Wildman–Crippen LogP) is 3.30. The smallest absolute Gasteiger partial charge is 0.193 e. The number of ketones is 1. The first-order chi connectivity index (χ1) is 9.52. The Hall–Kier alpha value is -2.29. The number of carbonyl (C=O) groups excluding carboxylic acids is 1. The number of aryl methyl sites for hydroxylation is 1. The predicted molar refractivity (Wildman–Crippen MR) is 81.9 cm³/mol. The number of carbonyl (C=O) groups is 1. The minimum absolute atomic E-state index is 0.0360. The Labute approximate surface area is 119 Å². The normalized spacial score (nSPS) is 10.2. The number of hydrogen-bond donors (Lipinski definition) is 0. The second-order valence-corrected chi connectivity index (χ2v) is 4.95. The molecule has 0 N–H and O–H groups in total. The van der Waals surface area contributed by atoms with Crippen molar-refractivity contribution >= 4 is 11.5 Å². The van der Waals surface area contributed by atoms with Gasteiger partial charge in [-0.2, -0.15) is 0 Å². The third-order valence-electron chi connectivity index (χ3n) is 3.30. The van der Waals surface area contributed by atoms with Crippen molar-refractivity contribution in [2.24, 2.45) is 0 Å². The highest BCUT2D eigenvalue weighted by atomic mass is 16.5. The van der Waals surface area contributed by atoms with Gasteiger partial charge in [0.05, 0.1) is 7.11 Å². The highest BCUT2D eigenvalue weighted by Gasteiger charge is 2.13. The molecule has 0 fully saturated rings. The molecule has 2 aromatic rings. The van der Waals surface area contributed by atoms with Crippen LogP contribution in [-0.4, -0.2) is 27.0 Å². The van der Waals surface area contributed by atoms with Crippen LogP contribution >= 0.6 is 0 Å². The summed E-state index contributed by atoms with van der Waals surface area (Å²) in [7, 11) is 5.54. The molecular formula is C17H19NO2. The molecule has 0 bridgehead atoms. The molecular weight excluding hydrogens is 250 g/mol. The monoisotopic (exact) mass is 269 g/mol. The maximum Gasteiger partial charge on any atom is 0.193 e. The number of methoxy groups -OCH3 is 1. The van der Waals surface area contributed by atoms with Gasteiger partial charge in [-0.25, -0.2) is 0 Å². The third-order valence-corrected chi connectivity index (χ3v) is 3.30. The molecule has 0 spiro atoms. The van der Waals surface area contributed by atoms with Crippen LogP contribution in [0.15, 0.2) is 42.5 Å². The van der Waals surface area contributed by atoms with Crippen LogP contribution in [0.25, 0.3) is 0 Å². The molecule has 0 aliphatic rings. The van der Waals surface area contributed by atoms with Crippen molar-refractivity contribution in [2.45, 2.75) is 6.92 Å². The summed E-state index contributed by atoms with van der Waals surface area (Å²) in [4.78, 5) is 14.6. The quantitative estimate of drug-likeness (QED) is 0.798. The molecule has 0 aliphatic heterocycles. The van der Waals surface area contributed by atoms with E-state index >= 15 is 0 Å². The Morgan fingerprint density at radius 3 is 2.45 bits per heavy atom. The summed E-state index contributed by atoms with van der Waals surface area (Å²) in [5.41, 5.74) is 3.35. The zero-order valence-corrected chi connectivity index (χ0v) is 12.3. The van der Waals surface area contributed by atoms with Gasteiger partial charge in [0.2, 0.25) is 0 Å². The molecule has 104 valence electrons. The van der Waals surface area contributed by atoms with Gasteiger partial charge in [0.1, 0.15) is 5.75 Å². The fourth-order valence-corrected chi connectivity index (χ4v) is 2.10. The van der Waals surface area contributed by atoms with E-state index < -0.39 is 0 Å². The molecule has 0 unspecified atom stereocenters. The van der Waals surface area contributed by atoms with Crippen LogP contribution in [0.1, 0.15) is 21.5 Å². The Morgan fingerprint density at radius 1 is 1.10 bits per heavy atom. The second-order valence-electron chi connectivity index (χ2n) is 4.95. The van der Waals surface area contributed by atoms with E-state index in [1.807, 2.05) is 68.4 Å². The highest BCUT2D eigenvalue weighted by molar-refractivity contribution is 6.10. The zero-order chi connectivity index (χ0) is 14.7. The van der Waals surface area contributed by atoms with Gasteiger partial charge in [0.25, 0.3) is 0 Å². The second kappa shape index (κ2) is 5.78. The fraction of sp³-hybridized carbons (Fsp3) is 0.235. The van der Waals surface area contributed by atoms with Crippen molar-refractivity contribution in [1.82, 2.24) is 0 Å². The third kappa shape index (κ3) is 2.82. The van der Waals surface area contributed by atoms with E-state index in [1.54, 1.807) is 7.11 Å². The summed E-state index contributed by atoms with van der Waals surface area (Å²) in [5, 5.41) is 0. The maximum atomic E-state index is 12.6. The number of benzene rings is 2. The van der Waals surface area contributed by atoms with Crippen LogP contribution in [0.3, 0.4) is 0 Å². The summed E-state index contributed by atoms with van der Waals surface area (Å²) < 4.78 is 5.17. The molecule has 3 nitrogen and oxygen atoms in total. The molecule has 2 rings (SSSR count). The Bertz CT molecular complexity index is 633. The Morgan fingerprint density at radius 2 is 1.85 bits per heavy atom. The highest BCUT2D eigenvalue weighted by Crippen LogP contribution is 2.21. The topological polar surface area (TPSA) is 29.5 Å². The number of anilines is 1. The first kappa shape index (κ1) is 14.1. The average molecular weight is 269 g/mol. The van der Waals surface area contributed by atoms with E-state index in [2.05, 4.69) is 0 Å². The van der Waals surface area contributed by atoms with Crippen molar-refractivity contribution in [2.75, 3.05) is 26.1 Å². The van der Waals surface area contributed by atoms with Gasteiger partial charge in [-0.3, -0.25) is 4.79 Å². The first-order valence-electron chi connectivity index (χ1n) is 6.49. The van der Waals surface area contributed by atoms with E-state index in [-0.39, 0.29) is 5.78 Å². The number of rotatable bonds is 4. The van der Waals surface area contributed by atoms with Crippen LogP contribution < -0.4 is 9.64 Å². The molecule has 0 saturated carbocycles. The van der Waals surface area contributed by atoms with Gasteiger partial charge in [0.15, 0.2) is 5.78 Å². The lowest BCUT2D eigenvalue weighted by molar-refractivity contribution is 0.103. The molecule has 0 aliphatic carbocycles. The van der Waals surface area contributed by atoms with Gasteiger partial charge in [-0.1, -0.05) is 12.1 Å². The van der Waals surface area contributed by atoms with Gasteiger partial charge in [-0.05, 0) is 42.8 Å². The summed E-state index contributed by atoms with van der Waals surface area (Å²) in [6.07, 6.45) is 0. The molecule has 0 aromatic heterocycles. The van der Waals surface area contributed by atoms with Crippen LogP contribution in [-0.2, 0) is 0 Å². The van der Waals surface area contributed by atoms with Crippen molar-refractivity contribution in [3.05, 3.63) is 59.2 Å². The van der Waals surface area contributed by atoms with Crippen LogP contribution in [0.2, 0.25) is 0 Å². The molecule has 0 atom stereocenters. The molecule has 20 heavy (non-hydrogen) atoms. The number of hydrogen-bond acceptors (Lipinski definition) is 3. The zero-order valence-electron chi connectivity index (χ0n) is 12.3. The van der Waals surface area contributed by atoms with E-state index in [4.69, 9.17) is 4.74 Å². The minimum atomic E-state index is 0.0360. The van der Waals surface area contributed by atoms with Gasteiger partial charge in [-0.15, -0.1) is 0 Å². The molecule has 0 heterocycles. The lowest BCUT2D eigenvalue weighted by atomic mass is 9.98. The fourth-order valence-electron chi connectivity index (χ4n) is 2.10. The Kier molecular flexibility index (Phi) is 4.08. The van der Waals surface area contributed by atoms with E-state index in [0.717, 1.165) is 17.0 Å². The van der Waals surface area contributed by atoms with Gasteiger partial charge < -0.3 is 9.64 Å². The van der Waals surface area contributed by atoms with E-state index in [1.165, 1.54) is 0 Å². The summed E-state index contributed by atoms with van der Waals surface area (Å²) in [5.74, 6) is 0.801. The van der Waals surface area contributed by atoms with Crippen LogP contribution in [0, 0.1) is 6.92 Å². The average Bonchev–Trinajstić information content (AvgIpc) is 2.46. The van der Waals surface area contributed by atoms with Gasteiger partial charge in [0, 0.05) is 30.9 Å². The molecule has 2 aromatic carbocycles. The molecule has 0 radical (unpaired) electrons. The summed E-state index contributed by atoms with van der Waals surface area (Å²) >= 11 is 0. The lowest BCUT2D eigenvalue weighted by Crippen LogP contribution is -2.10. The van der Waals surface area contributed by atoms with E-state index in [0.29, 0.717) is 11.1 Å². The summed E-state index contributed by atoms with van der Waals surface area (Å²) in [6.45, 7) is 1.92. The van der Waals surface area contributed by atoms with E-state index in [9.17, 15) is 4.79 Å². The standard InChI is InChI=1S/C17H19NO2/c1-12-10-15(20-4)8-9-16(12)17(19)13-6-5-7-14(11-13)18(2)3/h5-11H,1-4H3. The largest absolute Gasteiger partial charge is 0.497 e. The SMILES string of the molecule is COc1ccc(C(=O)c2cccc(N(C)C)c2)c(C)c1. The number of nitrogens with zero attached hydrogens (tertiary/aromatic N) is 1. The first-order valence-corrected chi connectivity index (χ1v) is 6.49. The van der Waals surface area contributed by atoms with Crippen molar-refractivity contribution in [3.63, 3.8) is 0 Å². The van der Waals surface area contributed by atoms with Crippen LogP contribution in [0.4, 0.5) is 5.69 Å². The Balaban J connectivity index is 2.38. The lowest BCUT2D eigenvalue weighted by Gasteiger charge is -2.13. The minimum Gasteiger partial charge on any atom is -0.497 e. The maximum absolute atomic E-state index is 12.6. The summed E-state index contributed by atoms with van der Waals surface area (Å²) in [6, 6.07) is 13.2. The van der Waals surface area contributed by atoms with Crippen molar-refractivity contribution in [3.8, 4) is 5.75 Å². The van der Waals surface area contributed by atoms with Crippen molar-refractivity contribution in [1.29, 1.82) is 0 Å². The molecule has 0 amide bonds. The number of ether oxygens (including phenoxy) is 1. The van der Waals surface area contributed by atoms with Crippen molar-refractivity contribution < 1.29 is 9.53 Å². The molecule has 0 saturated heterocycles. The molecule has 3 heteroatoms.